The largest absolute Gasteiger partial charge is 0.666 e. The number of carbonyl (C=O) groups is 2. The van der Waals surface area contributed by atoms with Crippen molar-refractivity contribution in [3.63, 3.8) is 0 Å². The Morgan fingerprint density at radius 3 is 2.04 bits per heavy atom. The second-order valence-corrected chi connectivity index (χ2v) is 6.96. The summed E-state index contributed by atoms with van der Waals surface area (Å²) in [5, 5.41) is 2.33. The van der Waals surface area contributed by atoms with Crippen molar-refractivity contribution in [2.24, 2.45) is 5.92 Å². The summed E-state index contributed by atoms with van der Waals surface area (Å²) in [6.45, 7) is 4.74. The summed E-state index contributed by atoms with van der Waals surface area (Å²) in [4.78, 5) is 23.1. The van der Waals surface area contributed by atoms with Crippen LogP contribution in [0.2, 0.25) is 0 Å². The molecule has 0 saturated heterocycles. The summed E-state index contributed by atoms with van der Waals surface area (Å²) in [5.41, 5.74) is 6.95. The van der Waals surface area contributed by atoms with E-state index in [1.165, 1.54) is 19.1 Å². The summed E-state index contributed by atoms with van der Waals surface area (Å²) in [5.74, 6) is -1.91. The van der Waals surface area contributed by atoms with Gasteiger partial charge in [-0.05, 0) is 25.0 Å². The maximum absolute atomic E-state index is 12.3. The smallest absolute Gasteiger partial charge is 0.241 e. The van der Waals surface area contributed by atoms with Crippen molar-refractivity contribution in [3.8, 4) is 0 Å². The Kier molecular flexibility index (Phi) is 9.12. The van der Waals surface area contributed by atoms with Crippen molar-refractivity contribution in [1.29, 1.82) is 0 Å². The predicted octanol–water partition coefficient (Wildman–Crippen LogP) is 1.07. The van der Waals surface area contributed by atoms with Gasteiger partial charge in [0.25, 0.3) is 0 Å². The first-order valence-corrected chi connectivity index (χ1v) is 8.26. The van der Waals surface area contributed by atoms with E-state index in [9.17, 15) is 18.0 Å². The molecule has 1 radical (unpaired) electrons. The molecule has 125 valence electrons. The van der Waals surface area contributed by atoms with Gasteiger partial charge in [-0.1, -0.05) is 32.0 Å². The third kappa shape index (κ3) is 6.67. The van der Waals surface area contributed by atoms with Gasteiger partial charge < -0.3 is 15.8 Å². The van der Waals surface area contributed by atoms with Crippen LogP contribution in [-0.2, 0) is 52.3 Å². The molecule has 1 aromatic rings. The zero-order chi connectivity index (χ0) is 16.9. The van der Waals surface area contributed by atoms with Crippen molar-refractivity contribution < 1.29 is 50.7 Å². The van der Waals surface area contributed by atoms with Gasteiger partial charge in [-0.3, -0.25) is 4.79 Å². The van der Waals surface area contributed by atoms with E-state index >= 15 is 0 Å². The zero-order valence-corrected chi connectivity index (χ0v) is 16.9. The van der Waals surface area contributed by atoms with Crippen LogP contribution in [0.4, 0.5) is 0 Å². The van der Waals surface area contributed by atoms with Crippen LogP contribution < -0.4 is 10.0 Å². The molecule has 0 spiro atoms. The standard InChI is InChI=1S/C14H21N3O4S.Y/c1-9(2)12(14(19)16-10(3)13(15)18)17-22(20,21)11-7-5-4-6-8-11;/h4-10,12,17H,1-3H3,(H3,15,16,18,19);/p-1/t10-,12-;/m0./s1. The molecule has 0 aromatic heterocycles. The van der Waals surface area contributed by atoms with Gasteiger partial charge in [0.1, 0.15) is 6.04 Å². The summed E-state index contributed by atoms with van der Waals surface area (Å²) >= 11 is 0. The van der Waals surface area contributed by atoms with E-state index in [-0.39, 0.29) is 43.5 Å². The van der Waals surface area contributed by atoms with Crippen LogP contribution in [-0.4, -0.2) is 32.3 Å². The Bertz CT molecular complexity index is 635. The van der Waals surface area contributed by atoms with Crippen LogP contribution in [0.3, 0.4) is 0 Å². The summed E-state index contributed by atoms with van der Waals surface area (Å²) in [6, 6.07) is 5.68. The average molecular weight is 415 g/mol. The van der Waals surface area contributed by atoms with Crippen molar-refractivity contribution in [2.75, 3.05) is 0 Å². The second kappa shape index (κ2) is 9.46. The van der Waals surface area contributed by atoms with Gasteiger partial charge in [-0.25, -0.2) is 8.42 Å². The quantitative estimate of drug-likeness (QED) is 0.693. The molecule has 0 aliphatic rings. The minimum atomic E-state index is -3.85. The van der Waals surface area contributed by atoms with Crippen LogP contribution >= 0.6 is 0 Å². The topological polar surface area (TPSA) is 116 Å². The van der Waals surface area contributed by atoms with E-state index in [2.05, 4.69) is 10.0 Å². The maximum atomic E-state index is 12.3. The third-order valence-corrected chi connectivity index (χ3v) is 4.49. The fraction of sp³-hybridized carbons (Fsp3) is 0.429. The van der Waals surface area contributed by atoms with Gasteiger partial charge in [0, 0.05) is 32.7 Å². The number of benzene rings is 1. The van der Waals surface area contributed by atoms with Crippen molar-refractivity contribution in [3.05, 3.63) is 36.1 Å². The van der Waals surface area contributed by atoms with Crippen molar-refractivity contribution in [2.45, 2.75) is 37.8 Å². The first-order valence-electron chi connectivity index (χ1n) is 6.78. The molecule has 23 heavy (non-hydrogen) atoms. The molecule has 0 fully saturated rings. The van der Waals surface area contributed by atoms with E-state index in [4.69, 9.17) is 5.73 Å². The molecule has 3 N–H and O–H groups in total. The maximum Gasteiger partial charge on any atom is 0.241 e. The molecule has 0 unspecified atom stereocenters. The SMILES string of the molecule is CC(C)[C@H](NS(=O)(=O)c1ccccc1)C(=O)N[C@@H](C)C([NH-])=O.[Y]. The van der Waals surface area contributed by atoms with E-state index in [1.54, 1.807) is 32.0 Å². The van der Waals surface area contributed by atoms with E-state index in [0.29, 0.717) is 0 Å². The van der Waals surface area contributed by atoms with Gasteiger partial charge in [-0.2, -0.15) is 4.72 Å². The molecule has 1 rings (SSSR count). The number of carbonyl (C=O) groups excluding carboxylic acids is 2. The molecular weight excluding hydrogens is 395 g/mol. The Morgan fingerprint density at radius 1 is 1.09 bits per heavy atom. The summed E-state index contributed by atoms with van der Waals surface area (Å²) in [7, 11) is -3.85. The fourth-order valence-corrected chi connectivity index (χ4v) is 3.06. The molecule has 0 bridgehead atoms. The van der Waals surface area contributed by atoms with Gasteiger partial charge >= 0.3 is 0 Å². The predicted molar refractivity (Wildman–Crippen MR) is 82.3 cm³/mol. The van der Waals surface area contributed by atoms with Crippen LogP contribution in [0.5, 0.6) is 0 Å². The van der Waals surface area contributed by atoms with Crippen LogP contribution in [0.1, 0.15) is 20.8 Å². The number of hydrogen-bond acceptors (Lipinski definition) is 4. The number of sulfonamides is 1. The van der Waals surface area contributed by atoms with Crippen molar-refractivity contribution >= 4 is 21.8 Å². The van der Waals surface area contributed by atoms with Crippen molar-refractivity contribution in [1.82, 2.24) is 10.0 Å². The molecule has 0 aliphatic heterocycles. The zero-order valence-electron chi connectivity index (χ0n) is 13.2. The third-order valence-electron chi connectivity index (χ3n) is 3.04. The molecule has 0 saturated carbocycles. The normalized spacial score (nSPS) is 13.7. The molecule has 0 heterocycles. The van der Waals surface area contributed by atoms with Crippen LogP contribution in [0.25, 0.3) is 5.73 Å². The van der Waals surface area contributed by atoms with Gasteiger partial charge in [0.05, 0.1) is 16.8 Å². The molecule has 2 atom stereocenters. The monoisotopic (exact) mass is 415 g/mol. The van der Waals surface area contributed by atoms with Gasteiger partial charge in [0.2, 0.25) is 15.9 Å². The first kappa shape index (κ1) is 22.2. The number of nitrogens with one attached hydrogen (secondary N) is 3. The van der Waals surface area contributed by atoms with E-state index in [0.717, 1.165) is 0 Å². The Hall–Kier alpha value is -0.826. The first-order chi connectivity index (χ1) is 10.1. The Labute approximate surface area is 161 Å². The number of hydrogen-bond donors (Lipinski definition) is 2. The number of rotatable bonds is 7. The fourth-order valence-electron chi connectivity index (χ4n) is 1.70. The minimum absolute atomic E-state index is 0. The second-order valence-electron chi connectivity index (χ2n) is 5.25. The van der Waals surface area contributed by atoms with Crippen LogP contribution in [0.15, 0.2) is 35.2 Å². The molecular formula is C14H20N3O4SY-. The summed E-state index contributed by atoms with van der Waals surface area (Å²) in [6.07, 6.45) is 0. The Balaban J connectivity index is 0.00000484. The Morgan fingerprint density at radius 2 is 1.61 bits per heavy atom. The molecule has 0 aliphatic carbocycles. The van der Waals surface area contributed by atoms with Gasteiger partial charge in [-0.15, -0.1) is 0 Å². The molecule has 9 heteroatoms. The average Bonchev–Trinajstić information content (AvgIpc) is 2.45. The number of amides is 2. The van der Waals surface area contributed by atoms with Gasteiger partial charge in [0.15, 0.2) is 0 Å². The molecule has 2 amide bonds. The molecule has 1 aromatic carbocycles. The molecule has 7 nitrogen and oxygen atoms in total. The van der Waals surface area contributed by atoms with E-state index in [1.807, 2.05) is 0 Å². The van der Waals surface area contributed by atoms with Crippen LogP contribution in [0, 0.1) is 5.92 Å². The van der Waals surface area contributed by atoms with E-state index < -0.39 is 33.9 Å². The minimum Gasteiger partial charge on any atom is -0.666 e. The summed E-state index contributed by atoms with van der Waals surface area (Å²) < 4.78 is 26.9.